The van der Waals surface area contributed by atoms with Crippen molar-refractivity contribution in [3.8, 4) is 11.8 Å². The molecular weight excluding hydrogens is 154 g/mol. The number of aliphatic hydroxyl groups is 2. The van der Waals surface area contributed by atoms with Crippen molar-refractivity contribution in [1.29, 1.82) is 0 Å². The molecule has 1 heterocycles. The number of aliphatic hydroxyl groups excluding tert-OH is 2. The summed E-state index contributed by atoms with van der Waals surface area (Å²) in [6, 6.07) is 3.40. The van der Waals surface area contributed by atoms with Crippen molar-refractivity contribution in [3.05, 3.63) is 29.6 Å². The minimum absolute atomic E-state index is 0.0175. The molecule has 0 amide bonds. The molecule has 0 saturated carbocycles. The van der Waals surface area contributed by atoms with E-state index in [0.717, 1.165) is 5.56 Å². The van der Waals surface area contributed by atoms with Gasteiger partial charge in [-0.25, -0.2) is 4.98 Å². The molecule has 0 radical (unpaired) electrons. The first-order valence-electron chi connectivity index (χ1n) is 3.52. The Morgan fingerprint density at radius 2 is 2.25 bits per heavy atom. The van der Waals surface area contributed by atoms with Crippen LogP contribution in [-0.2, 0) is 6.61 Å². The van der Waals surface area contributed by atoms with E-state index in [1.807, 2.05) is 0 Å². The molecule has 0 aliphatic heterocycles. The molecule has 1 rings (SSSR count). The number of hydrogen-bond acceptors (Lipinski definition) is 3. The fourth-order valence-electron chi connectivity index (χ4n) is 0.771. The van der Waals surface area contributed by atoms with Crippen molar-refractivity contribution >= 4 is 0 Å². The molecule has 3 nitrogen and oxygen atoms in total. The summed E-state index contributed by atoms with van der Waals surface area (Å²) in [6.45, 7) is -0.193. The first-order valence-corrected chi connectivity index (χ1v) is 3.52. The van der Waals surface area contributed by atoms with Crippen molar-refractivity contribution in [1.82, 2.24) is 4.98 Å². The van der Waals surface area contributed by atoms with E-state index in [1.165, 1.54) is 0 Å². The van der Waals surface area contributed by atoms with Gasteiger partial charge in [0.05, 0.1) is 6.61 Å². The summed E-state index contributed by atoms with van der Waals surface area (Å²) in [5.41, 5.74) is 1.34. The lowest BCUT2D eigenvalue weighted by atomic mass is 10.2. The zero-order chi connectivity index (χ0) is 8.81. The van der Waals surface area contributed by atoms with Crippen molar-refractivity contribution in [2.75, 3.05) is 6.61 Å². The number of hydrogen-bond donors (Lipinski definition) is 2. The van der Waals surface area contributed by atoms with E-state index in [9.17, 15) is 0 Å². The Labute approximate surface area is 70.7 Å². The highest BCUT2D eigenvalue weighted by atomic mass is 16.3. The van der Waals surface area contributed by atoms with E-state index in [2.05, 4.69) is 16.8 Å². The first-order chi connectivity index (χ1) is 5.86. The molecule has 12 heavy (non-hydrogen) atoms. The predicted octanol–water partition coefficient (Wildman–Crippen LogP) is -0.0823. The molecule has 0 unspecified atom stereocenters. The lowest BCUT2D eigenvalue weighted by Crippen LogP contribution is -1.87. The molecule has 2 N–H and O–H groups in total. The summed E-state index contributed by atoms with van der Waals surface area (Å²) in [5, 5.41) is 17.2. The zero-order valence-electron chi connectivity index (χ0n) is 6.49. The van der Waals surface area contributed by atoms with Gasteiger partial charge in [0, 0.05) is 6.20 Å². The van der Waals surface area contributed by atoms with Gasteiger partial charge in [-0.3, -0.25) is 0 Å². The van der Waals surface area contributed by atoms with Gasteiger partial charge in [-0.2, -0.15) is 0 Å². The van der Waals surface area contributed by atoms with Crippen LogP contribution in [-0.4, -0.2) is 21.8 Å². The van der Waals surface area contributed by atoms with Crippen LogP contribution in [0.5, 0.6) is 0 Å². The summed E-state index contributed by atoms with van der Waals surface area (Å²) in [5.74, 6) is 5.12. The summed E-state index contributed by atoms with van der Waals surface area (Å²) in [6.07, 6.45) is 1.58. The van der Waals surface area contributed by atoms with Crippen LogP contribution in [0.4, 0.5) is 0 Å². The molecule has 0 aromatic carbocycles. The molecule has 0 fully saturated rings. The molecular formula is C9H9NO2. The smallest absolute Gasteiger partial charge is 0.113 e. The SMILES string of the molecule is OCC#Cc1cc(CO)ccn1. The first kappa shape index (κ1) is 8.72. The third-order valence-corrected chi connectivity index (χ3v) is 1.30. The van der Waals surface area contributed by atoms with Gasteiger partial charge in [0.15, 0.2) is 0 Å². The van der Waals surface area contributed by atoms with E-state index in [-0.39, 0.29) is 13.2 Å². The molecule has 0 bridgehead atoms. The highest BCUT2D eigenvalue weighted by Gasteiger charge is 1.91. The Morgan fingerprint density at radius 3 is 2.92 bits per heavy atom. The fraction of sp³-hybridized carbons (Fsp3) is 0.222. The van der Waals surface area contributed by atoms with Gasteiger partial charge < -0.3 is 10.2 Å². The Bertz CT molecular complexity index is 312. The minimum atomic E-state index is -0.176. The van der Waals surface area contributed by atoms with Crippen LogP contribution in [0.1, 0.15) is 11.3 Å². The van der Waals surface area contributed by atoms with Crippen LogP contribution in [0, 0.1) is 11.8 Å². The van der Waals surface area contributed by atoms with Crippen molar-refractivity contribution < 1.29 is 10.2 Å². The van der Waals surface area contributed by atoms with Gasteiger partial charge in [0.2, 0.25) is 0 Å². The Morgan fingerprint density at radius 1 is 1.42 bits per heavy atom. The standard InChI is InChI=1S/C9H9NO2/c11-5-1-2-9-6-8(7-12)3-4-10-9/h3-4,6,11-12H,5,7H2. The molecule has 62 valence electrons. The van der Waals surface area contributed by atoms with Crippen molar-refractivity contribution in [3.63, 3.8) is 0 Å². The number of pyridine rings is 1. The Kier molecular flexibility index (Phi) is 3.27. The van der Waals surface area contributed by atoms with Crippen LogP contribution in [0.3, 0.4) is 0 Å². The van der Waals surface area contributed by atoms with E-state index >= 15 is 0 Å². The molecule has 0 atom stereocenters. The lowest BCUT2D eigenvalue weighted by Gasteiger charge is -1.94. The average Bonchev–Trinajstić information content (AvgIpc) is 2.15. The van der Waals surface area contributed by atoms with Gasteiger partial charge in [0.1, 0.15) is 12.3 Å². The van der Waals surface area contributed by atoms with Crippen LogP contribution in [0.2, 0.25) is 0 Å². The third-order valence-electron chi connectivity index (χ3n) is 1.30. The maximum absolute atomic E-state index is 8.76. The molecule has 3 heteroatoms. The molecule has 0 aliphatic carbocycles. The second-order valence-electron chi connectivity index (χ2n) is 2.17. The van der Waals surface area contributed by atoms with Crippen LogP contribution >= 0.6 is 0 Å². The maximum Gasteiger partial charge on any atom is 0.113 e. The van der Waals surface area contributed by atoms with E-state index in [4.69, 9.17) is 10.2 Å². The summed E-state index contributed by atoms with van der Waals surface area (Å²) >= 11 is 0. The van der Waals surface area contributed by atoms with E-state index in [1.54, 1.807) is 18.3 Å². The number of nitrogens with zero attached hydrogens (tertiary/aromatic N) is 1. The molecule has 1 aromatic rings. The quantitative estimate of drug-likeness (QED) is 0.569. The Balaban J connectivity index is 2.86. The van der Waals surface area contributed by atoms with E-state index in [0.29, 0.717) is 5.69 Å². The molecule has 0 saturated heterocycles. The van der Waals surface area contributed by atoms with E-state index < -0.39 is 0 Å². The van der Waals surface area contributed by atoms with Gasteiger partial charge in [-0.05, 0) is 23.6 Å². The summed E-state index contributed by atoms with van der Waals surface area (Å²) in [7, 11) is 0. The highest BCUT2D eigenvalue weighted by Crippen LogP contribution is 1.99. The number of aromatic nitrogens is 1. The van der Waals surface area contributed by atoms with Crippen LogP contribution < -0.4 is 0 Å². The molecule has 0 aliphatic rings. The average molecular weight is 163 g/mol. The second kappa shape index (κ2) is 4.50. The molecule has 0 spiro atoms. The fourth-order valence-corrected chi connectivity index (χ4v) is 0.771. The predicted molar refractivity (Wildman–Crippen MR) is 44.1 cm³/mol. The topological polar surface area (TPSA) is 53.4 Å². The lowest BCUT2D eigenvalue weighted by molar-refractivity contribution is 0.281. The van der Waals surface area contributed by atoms with Gasteiger partial charge in [0.25, 0.3) is 0 Å². The zero-order valence-corrected chi connectivity index (χ0v) is 6.49. The van der Waals surface area contributed by atoms with Gasteiger partial charge in [-0.1, -0.05) is 5.92 Å². The van der Waals surface area contributed by atoms with Crippen molar-refractivity contribution in [2.24, 2.45) is 0 Å². The van der Waals surface area contributed by atoms with Gasteiger partial charge >= 0.3 is 0 Å². The van der Waals surface area contributed by atoms with Crippen molar-refractivity contribution in [2.45, 2.75) is 6.61 Å². The third kappa shape index (κ3) is 2.35. The minimum Gasteiger partial charge on any atom is -0.392 e. The van der Waals surface area contributed by atoms with Crippen LogP contribution in [0.25, 0.3) is 0 Å². The number of rotatable bonds is 1. The monoisotopic (exact) mass is 163 g/mol. The largest absolute Gasteiger partial charge is 0.392 e. The summed E-state index contributed by atoms with van der Waals surface area (Å²) < 4.78 is 0. The second-order valence-corrected chi connectivity index (χ2v) is 2.17. The highest BCUT2D eigenvalue weighted by molar-refractivity contribution is 5.30. The normalized spacial score (nSPS) is 8.83. The summed E-state index contributed by atoms with van der Waals surface area (Å²) in [4.78, 5) is 3.93. The molecule has 1 aromatic heterocycles. The van der Waals surface area contributed by atoms with Gasteiger partial charge in [-0.15, -0.1) is 0 Å². The van der Waals surface area contributed by atoms with Crippen LogP contribution in [0.15, 0.2) is 18.3 Å². The Hall–Kier alpha value is -1.37. The maximum atomic E-state index is 8.76.